The van der Waals surface area contributed by atoms with Gasteiger partial charge in [0, 0.05) is 56.7 Å². The summed E-state index contributed by atoms with van der Waals surface area (Å²) in [6, 6.07) is 10.1. The zero-order valence-corrected chi connectivity index (χ0v) is 27.8. The molecule has 0 bridgehead atoms. The number of piperidine rings is 1. The Morgan fingerprint density at radius 2 is 1.78 bits per heavy atom. The molecule has 244 valence electrons. The summed E-state index contributed by atoms with van der Waals surface area (Å²) in [4.78, 5) is 53.0. The largest absolute Gasteiger partial charge is 0.481 e. The molecule has 3 fully saturated rings. The molecular formula is C38H48N4O4. The normalized spacial score (nSPS) is 26.5. The van der Waals surface area contributed by atoms with Crippen molar-refractivity contribution in [2.75, 3.05) is 39.8 Å². The van der Waals surface area contributed by atoms with Gasteiger partial charge in [0.25, 0.3) is 0 Å². The highest BCUT2D eigenvalue weighted by Gasteiger charge is 2.59. The van der Waals surface area contributed by atoms with E-state index in [1.54, 1.807) is 0 Å². The summed E-state index contributed by atoms with van der Waals surface area (Å²) in [7, 11) is 2.08. The minimum Gasteiger partial charge on any atom is -0.481 e. The number of rotatable bonds is 11. The number of carboxylic acid groups (broad SMARTS) is 1. The molecule has 8 heteroatoms. The second-order valence-corrected chi connectivity index (χ2v) is 16.0. The zero-order chi connectivity index (χ0) is 32.3. The van der Waals surface area contributed by atoms with Gasteiger partial charge in [0.05, 0.1) is 23.0 Å². The molecule has 7 rings (SSSR count). The van der Waals surface area contributed by atoms with Gasteiger partial charge in [-0.3, -0.25) is 19.4 Å². The van der Waals surface area contributed by atoms with Gasteiger partial charge in [0.15, 0.2) is 11.6 Å². The first-order valence-corrected chi connectivity index (χ1v) is 17.3. The number of fused-ring (bicyclic) bond motifs is 3. The van der Waals surface area contributed by atoms with E-state index in [1.165, 1.54) is 11.3 Å². The number of ketones is 2. The molecule has 4 atom stereocenters. The van der Waals surface area contributed by atoms with Crippen LogP contribution in [0.5, 0.6) is 0 Å². The molecule has 0 radical (unpaired) electrons. The first-order chi connectivity index (χ1) is 21.9. The molecule has 8 nitrogen and oxygen atoms in total. The number of hydrogen-bond donors (Lipinski definition) is 1. The summed E-state index contributed by atoms with van der Waals surface area (Å²) in [6.45, 7) is 11.3. The van der Waals surface area contributed by atoms with Crippen LogP contribution >= 0.6 is 0 Å². The van der Waals surface area contributed by atoms with Crippen LogP contribution in [0.4, 0.5) is 5.69 Å². The first kappa shape index (κ1) is 31.4. The van der Waals surface area contributed by atoms with Crippen LogP contribution in [0.3, 0.4) is 0 Å². The van der Waals surface area contributed by atoms with Crippen molar-refractivity contribution in [2.24, 2.45) is 40.0 Å². The quantitative estimate of drug-likeness (QED) is 0.335. The monoisotopic (exact) mass is 624 g/mol. The summed E-state index contributed by atoms with van der Waals surface area (Å²) < 4.78 is 0. The van der Waals surface area contributed by atoms with Gasteiger partial charge >= 0.3 is 5.97 Å². The average molecular weight is 625 g/mol. The van der Waals surface area contributed by atoms with E-state index in [0.29, 0.717) is 36.8 Å². The van der Waals surface area contributed by atoms with Crippen molar-refractivity contribution in [3.8, 4) is 0 Å². The highest BCUT2D eigenvalue weighted by molar-refractivity contribution is 6.41. The van der Waals surface area contributed by atoms with Crippen molar-refractivity contribution in [1.82, 2.24) is 14.8 Å². The van der Waals surface area contributed by atoms with Crippen molar-refractivity contribution in [3.05, 3.63) is 58.4 Å². The predicted octanol–water partition coefficient (Wildman–Crippen LogP) is 5.39. The van der Waals surface area contributed by atoms with Gasteiger partial charge in [-0.15, -0.1) is 0 Å². The Morgan fingerprint density at radius 1 is 1.02 bits per heavy atom. The summed E-state index contributed by atoms with van der Waals surface area (Å²) in [5.74, 6) is 0.851. The van der Waals surface area contributed by atoms with E-state index in [4.69, 9.17) is 9.98 Å². The van der Waals surface area contributed by atoms with E-state index >= 15 is 0 Å². The zero-order valence-electron chi connectivity index (χ0n) is 27.8. The Bertz CT molecular complexity index is 1570. The second kappa shape index (κ2) is 12.1. The highest BCUT2D eigenvalue weighted by Crippen LogP contribution is 2.52. The fourth-order valence-corrected chi connectivity index (χ4v) is 8.70. The maximum atomic E-state index is 13.9. The van der Waals surface area contributed by atoms with Gasteiger partial charge in [-0.1, -0.05) is 39.0 Å². The lowest BCUT2D eigenvalue weighted by atomic mass is 9.71. The number of carbonyl (C=O) groups excluding carboxylic acids is 2. The summed E-state index contributed by atoms with van der Waals surface area (Å²) in [5.41, 5.74) is 6.82. The third-order valence-corrected chi connectivity index (χ3v) is 11.7. The van der Waals surface area contributed by atoms with Crippen molar-refractivity contribution in [2.45, 2.75) is 71.6 Å². The topological polar surface area (TPSA) is 103 Å². The van der Waals surface area contributed by atoms with Crippen LogP contribution in [0.1, 0.15) is 85.2 Å². The SMILES string of the molecule is CN1CC(CC(=O)c2cccc([C@@H](CCN3CC4C(C3)C4C(=O)O)CC(=O)C3=Nc4cc5c(nc4C3)CC[C@H](C(C)(C)C)C5)c2)C1. The molecule has 46 heavy (non-hydrogen) atoms. The van der Waals surface area contributed by atoms with Crippen LogP contribution in [0.2, 0.25) is 0 Å². The van der Waals surface area contributed by atoms with E-state index in [0.717, 1.165) is 80.9 Å². The Kier molecular flexibility index (Phi) is 8.25. The minimum absolute atomic E-state index is 0.0533. The molecule has 5 aliphatic rings. The first-order valence-electron chi connectivity index (χ1n) is 17.3. The van der Waals surface area contributed by atoms with Gasteiger partial charge in [-0.05, 0) is 97.5 Å². The minimum atomic E-state index is -0.671. The van der Waals surface area contributed by atoms with E-state index in [-0.39, 0.29) is 40.7 Å². The van der Waals surface area contributed by atoms with E-state index in [1.807, 2.05) is 18.2 Å². The maximum Gasteiger partial charge on any atom is 0.307 e. The van der Waals surface area contributed by atoms with Crippen LogP contribution in [0, 0.1) is 35.0 Å². The molecule has 0 spiro atoms. The molecule has 4 heterocycles. The molecule has 2 unspecified atom stereocenters. The van der Waals surface area contributed by atoms with Crippen molar-refractivity contribution in [3.63, 3.8) is 0 Å². The van der Waals surface area contributed by atoms with Gasteiger partial charge < -0.3 is 14.9 Å². The summed E-state index contributed by atoms with van der Waals surface area (Å²) >= 11 is 0. The Labute approximate surface area is 272 Å². The van der Waals surface area contributed by atoms with Crippen LogP contribution in [0.15, 0.2) is 35.3 Å². The molecule has 2 aromatic rings. The molecule has 1 aromatic carbocycles. The number of aliphatic carboxylic acids is 1. The van der Waals surface area contributed by atoms with Crippen LogP contribution < -0.4 is 0 Å². The maximum absolute atomic E-state index is 13.9. The van der Waals surface area contributed by atoms with Gasteiger partial charge in [0.2, 0.25) is 0 Å². The standard InChI is InChI=1S/C38H48N4O4/c1-38(2,3)27-8-9-30-26(14-27)15-31-32(39-30)17-33(40-31)35(44)16-24(10-11-42-20-28-29(21-42)36(28)37(45)46)23-6-5-7-25(13-23)34(43)12-22-18-41(4)19-22/h5-7,13,15,22,24,27-29,36H,8-12,14,16-21H2,1-4H3,(H,45,46)/t24-,27-,28?,29?,36?/m0/s1. The number of pyridine rings is 1. The molecule has 1 aromatic heterocycles. The lowest BCUT2D eigenvalue weighted by Crippen LogP contribution is -2.44. The van der Waals surface area contributed by atoms with Gasteiger partial charge in [0.1, 0.15) is 0 Å². The van der Waals surface area contributed by atoms with Crippen LogP contribution in [0.25, 0.3) is 0 Å². The molecule has 0 amide bonds. The molecular weight excluding hydrogens is 576 g/mol. The predicted molar refractivity (Wildman–Crippen MR) is 178 cm³/mol. The number of likely N-dealkylation sites (tertiary alicyclic amines) is 2. The lowest BCUT2D eigenvalue weighted by Gasteiger charge is -2.35. The molecule has 1 saturated carbocycles. The van der Waals surface area contributed by atoms with Crippen molar-refractivity contribution < 1.29 is 19.5 Å². The number of hydrogen-bond acceptors (Lipinski definition) is 7. The highest BCUT2D eigenvalue weighted by atomic mass is 16.4. The van der Waals surface area contributed by atoms with Crippen LogP contribution in [-0.4, -0.2) is 82.9 Å². The van der Waals surface area contributed by atoms with Gasteiger partial charge in [-0.25, -0.2) is 4.99 Å². The molecule has 1 N–H and O–H groups in total. The number of aromatic nitrogens is 1. The summed E-state index contributed by atoms with van der Waals surface area (Å²) in [5, 5.41) is 9.44. The Balaban J connectivity index is 1.06. The number of aryl methyl sites for hydroxylation is 1. The number of carbonyl (C=O) groups is 3. The Hall–Kier alpha value is -3.23. The number of Topliss-reactive ketones (excluding diaryl/α,β-unsaturated/α-hetero) is 2. The summed E-state index contributed by atoms with van der Waals surface area (Å²) in [6.07, 6.45) is 5.28. The fraction of sp³-hybridized carbons (Fsp3) is 0.605. The van der Waals surface area contributed by atoms with E-state index < -0.39 is 5.97 Å². The molecule has 3 aliphatic heterocycles. The smallest absolute Gasteiger partial charge is 0.307 e. The second-order valence-electron chi connectivity index (χ2n) is 16.0. The van der Waals surface area contributed by atoms with Gasteiger partial charge in [-0.2, -0.15) is 0 Å². The molecule has 2 aliphatic carbocycles. The Morgan fingerprint density at radius 3 is 2.48 bits per heavy atom. The lowest BCUT2D eigenvalue weighted by molar-refractivity contribution is -0.139. The number of nitrogens with zero attached hydrogens (tertiary/aromatic N) is 4. The third-order valence-electron chi connectivity index (χ3n) is 11.7. The number of benzene rings is 1. The fourth-order valence-electron chi connectivity index (χ4n) is 8.70. The van der Waals surface area contributed by atoms with E-state index in [2.05, 4.69) is 49.8 Å². The average Bonchev–Trinajstić information content (AvgIpc) is 3.29. The number of carboxylic acids is 1. The number of aliphatic imine (C=N–C) groups is 1. The van der Waals surface area contributed by atoms with Crippen LogP contribution in [-0.2, 0) is 28.9 Å². The molecule has 2 saturated heterocycles. The van der Waals surface area contributed by atoms with Crippen molar-refractivity contribution >= 4 is 28.9 Å². The third kappa shape index (κ3) is 6.35. The van der Waals surface area contributed by atoms with E-state index in [9.17, 15) is 19.5 Å². The van der Waals surface area contributed by atoms with Crippen molar-refractivity contribution in [1.29, 1.82) is 0 Å².